The summed E-state index contributed by atoms with van der Waals surface area (Å²) in [5, 5.41) is 14.5. The average Bonchev–Trinajstić information content (AvgIpc) is 2.80. The third-order valence-electron chi connectivity index (χ3n) is 5.51. The van der Waals surface area contributed by atoms with Crippen molar-refractivity contribution < 1.29 is 9.90 Å². The number of hydrogen-bond donors (Lipinski definition) is 2. The molecule has 2 aromatic carbocycles. The van der Waals surface area contributed by atoms with E-state index in [0.717, 1.165) is 49.6 Å². The van der Waals surface area contributed by atoms with Gasteiger partial charge in [-0.2, -0.15) is 0 Å². The summed E-state index contributed by atoms with van der Waals surface area (Å²) < 4.78 is 2.09. The van der Waals surface area contributed by atoms with Gasteiger partial charge in [0.25, 0.3) is 0 Å². The molecule has 1 aliphatic heterocycles. The molecule has 2 N–H and O–H groups in total. The van der Waals surface area contributed by atoms with E-state index in [9.17, 15) is 9.90 Å². The van der Waals surface area contributed by atoms with Gasteiger partial charge in [-0.15, -0.1) is 0 Å². The molecule has 1 saturated heterocycles. The fourth-order valence-electron chi connectivity index (χ4n) is 3.70. The Morgan fingerprint density at radius 2 is 1.94 bits per heavy atom. The first-order valence-electron chi connectivity index (χ1n) is 10.5. The minimum absolute atomic E-state index is 0.505. The number of aliphatic carboxylic acids is 1. The molecule has 172 valence electrons. The van der Waals surface area contributed by atoms with Crippen LogP contribution in [0.1, 0.15) is 11.1 Å². The molecule has 2 unspecified atom stereocenters. The summed E-state index contributed by atoms with van der Waals surface area (Å²) in [5.74, 6) is -0.801. The summed E-state index contributed by atoms with van der Waals surface area (Å²) in [6, 6.07) is 13.4. The molecule has 0 spiro atoms. The van der Waals surface area contributed by atoms with Gasteiger partial charge in [-0.05, 0) is 0 Å². The van der Waals surface area contributed by atoms with E-state index in [0.29, 0.717) is 23.1 Å². The van der Waals surface area contributed by atoms with Crippen molar-refractivity contribution in [2.45, 2.75) is 17.8 Å². The van der Waals surface area contributed by atoms with Gasteiger partial charge >= 0.3 is 209 Å². The number of carboxylic acids is 1. The number of nitrogens with zero attached hydrogens (tertiary/aromatic N) is 3. The Bertz CT molecular complexity index is 1130. The second kappa shape index (κ2) is 11.4. The molecule has 1 aliphatic rings. The van der Waals surface area contributed by atoms with Crippen LogP contribution in [0, 0.1) is 0 Å². The molecule has 4 rings (SSSR count). The predicted octanol–water partition coefficient (Wildman–Crippen LogP) is 0.829. The number of rotatable bonds is 7. The van der Waals surface area contributed by atoms with Gasteiger partial charge in [-0.3, -0.25) is 4.79 Å². The predicted molar refractivity (Wildman–Crippen MR) is 137 cm³/mol. The van der Waals surface area contributed by atoms with Crippen LogP contribution in [0.15, 0.2) is 48.7 Å². The third kappa shape index (κ3) is 6.39. The molecular formula is C23H24As2Cl2N4O2. The maximum absolute atomic E-state index is 11.3. The third-order valence-corrected chi connectivity index (χ3v) is 11.0. The number of carbonyl (C=O) groups is 1. The Morgan fingerprint density at radius 3 is 2.64 bits per heavy atom. The van der Waals surface area contributed by atoms with Crippen LogP contribution in [0.25, 0.3) is 11.3 Å². The molecule has 0 bridgehead atoms. The Balaban J connectivity index is 1.44. The second-order valence-electron chi connectivity index (χ2n) is 7.82. The molecule has 10 heteroatoms. The Labute approximate surface area is 218 Å². The van der Waals surface area contributed by atoms with E-state index in [1.807, 2.05) is 24.4 Å². The number of aromatic nitrogens is 2. The topological polar surface area (TPSA) is 78.3 Å². The SMILES string of the molecule is O=C(O)[C@@H]1CN(Cc2ccc(-c3cnc([AsH2])c([AsH]Cc4c(Cl)cccc4Cl)n3)cc2)CCN1. The molecule has 0 radical (unpaired) electrons. The van der Waals surface area contributed by atoms with Gasteiger partial charge in [0, 0.05) is 0 Å². The minimum atomic E-state index is -0.801. The van der Waals surface area contributed by atoms with E-state index in [1.165, 1.54) is 16.9 Å². The van der Waals surface area contributed by atoms with Gasteiger partial charge in [0.1, 0.15) is 0 Å². The summed E-state index contributed by atoms with van der Waals surface area (Å²) in [6.45, 7) is 2.75. The van der Waals surface area contributed by atoms with Crippen molar-refractivity contribution in [2.75, 3.05) is 19.6 Å². The Morgan fingerprint density at radius 1 is 1.21 bits per heavy atom. The molecule has 1 aromatic heterocycles. The molecule has 0 aliphatic carbocycles. The van der Waals surface area contributed by atoms with E-state index < -0.39 is 27.8 Å². The second-order valence-corrected chi connectivity index (χ2v) is 12.3. The van der Waals surface area contributed by atoms with E-state index in [4.69, 9.17) is 28.2 Å². The Hall–Kier alpha value is -1.39. The standard InChI is InChI=1S/C23H24As2Cl2N4O2/c24-21-22(25-10-16-17(26)2-1-3-18(16)27)30-19(11-29-21)15-6-4-14(5-7-15)12-31-9-8-28-20(13-31)23(32)33/h1-7,11,20,25,28H,8-10,12-13,24H2,(H,32,33)/t20-/m0/s1. The zero-order valence-electron chi connectivity index (χ0n) is 17.8. The molecule has 3 atom stereocenters. The molecular weight excluding hydrogens is 585 g/mol. The summed E-state index contributed by atoms with van der Waals surface area (Å²) in [6.07, 6.45) is 1.83. The molecule has 1 fully saturated rings. The normalized spacial score (nSPS) is 17.0. The molecule has 6 nitrogen and oxygen atoms in total. The van der Waals surface area contributed by atoms with Crippen molar-refractivity contribution in [1.29, 1.82) is 0 Å². The van der Waals surface area contributed by atoms with Gasteiger partial charge < -0.3 is 5.11 Å². The van der Waals surface area contributed by atoms with Crippen molar-refractivity contribution in [3.05, 3.63) is 69.8 Å². The van der Waals surface area contributed by atoms with Crippen LogP contribution in [-0.2, 0) is 16.5 Å². The molecule has 2 heterocycles. The number of halogens is 2. The number of benzene rings is 2. The van der Waals surface area contributed by atoms with Crippen molar-refractivity contribution >= 4 is 70.7 Å². The number of hydrogen-bond acceptors (Lipinski definition) is 5. The van der Waals surface area contributed by atoms with Crippen molar-refractivity contribution in [3.8, 4) is 11.3 Å². The van der Waals surface area contributed by atoms with Crippen LogP contribution < -0.4 is 14.3 Å². The van der Waals surface area contributed by atoms with Gasteiger partial charge in [0.15, 0.2) is 0 Å². The average molecular weight is 609 g/mol. The van der Waals surface area contributed by atoms with Crippen molar-refractivity contribution in [1.82, 2.24) is 20.2 Å². The van der Waals surface area contributed by atoms with Crippen LogP contribution >= 0.6 is 23.2 Å². The van der Waals surface area contributed by atoms with E-state index in [2.05, 4.69) is 39.5 Å². The fourth-order valence-corrected chi connectivity index (χ4v) is 8.56. The number of nitrogens with one attached hydrogen (secondary N) is 1. The fraction of sp³-hybridized carbons (Fsp3) is 0.261. The van der Waals surface area contributed by atoms with Crippen LogP contribution in [0.4, 0.5) is 0 Å². The van der Waals surface area contributed by atoms with Crippen LogP contribution in [-0.4, -0.2) is 84.2 Å². The van der Waals surface area contributed by atoms with Gasteiger partial charge in [-0.25, -0.2) is 0 Å². The molecule has 0 saturated carbocycles. The summed E-state index contributed by atoms with van der Waals surface area (Å²) in [7, 11) is 0. The molecule has 33 heavy (non-hydrogen) atoms. The summed E-state index contributed by atoms with van der Waals surface area (Å²) in [4.78, 5) is 23.0. The van der Waals surface area contributed by atoms with E-state index in [1.54, 1.807) is 0 Å². The number of carboxylic acid groups (broad SMARTS) is 1. The van der Waals surface area contributed by atoms with Gasteiger partial charge in [0.05, 0.1) is 0 Å². The van der Waals surface area contributed by atoms with E-state index >= 15 is 0 Å². The van der Waals surface area contributed by atoms with Gasteiger partial charge in [-0.1, -0.05) is 0 Å². The van der Waals surface area contributed by atoms with Crippen molar-refractivity contribution in [2.24, 2.45) is 0 Å². The van der Waals surface area contributed by atoms with E-state index in [-0.39, 0.29) is 0 Å². The zero-order valence-corrected chi connectivity index (χ0v) is 23.8. The van der Waals surface area contributed by atoms with Crippen LogP contribution in [0.5, 0.6) is 0 Å². The first-order valence-corrected chi connectivity index (χ1v) is 15.0. The summed E-state index contributed by atoms with van der Waals surface area (Å²) >= 11 is 13.6. The maximum atomic E-state index is 11.3. The first kappa shape index (κ1) is 24.7. The zero-order chi connectivity index (χ0) is 23.4. The first-order chi connectivity index (χ1) is 15.9. The quantitative estimate of drug-likeness (QED) is 0.387. The van der Waals surface area contributed by atoms with Crippen LogP contribution in [0.2, 0.25) is 10.0 Å². The molecule has 3 aromatic rings. The van der Waals surface area contributed by atoms with Gasteiger partial charge in [0.2, 0.25) is 0 Å². The number of piperazine rings is 1. The summed E-state index contributed by atoms with van der Waals surface area (Å²) in [5.41, 5.74) is 4.02. The molecule has 0 amide bonds. The van der Waals surface area contributed by atoms with Crippen molar-refractivity contribution in [3.63, 3.8) is 0 Å². The van der Waals surface area contributed by atoms with Crippen LogP contribution in [0.3, 0.4) is 0 Å². The monoisotopic (exact) mass is 608 g/mol. The Kier molecular flexibility index (Phi) is 8.51.